The van der Waals surface area contributed by atoms with Crippen LogP contribution >= 0.6 is 0 Å². The van der Waals surface area contributed by atoms with Crippen molar-refractivity contribution in [3.8, 4) is 0 Å². The van der Waals surface area contributed by atoms with Gasteiger partial charge in [-0.1, -0.05) is 38.1 Å². The van der Waals surface area contributed by atoms with Crippen LogP contribution in [0.5, 0.6) is 0 Å². The van der Waals surface area contributed by atoms with Crippen molar-refractivity contribution in [1.29, 1.82) is 0 Å². The maximum Gasteiger partial charge on any atom is 1.00 e. The topological polar surface area (TPSA) is 57.2 Å². The number of benzene rings is 2. The van der Waals surface area contributed by atoms with Gasteiger partial charge in [0, 0.05) is 0 Å². The van der Waals surface area contributed by atoms with Crippen LogP contribution in [0, 0.1) is 0 Å². The van der Waals surface area contributed by atoms with Gasteiger partial charge in [-0.2, -0.15) is 0 Å². The second-order valence-corrected chi connectivity index (χ2v) is 5.54. The summed E-state index contributed by atoms with van der Waals surface area (Å²) in [5, 5.41) is 1.84. The molecule has 0 aliphatic heterocycles. The second kappa shape index (κ2) is 6.80. The minimum atomic E-state index is -4.43. The zero-order valence-electron chi connectivity index (χ0n) is 11.4. The molecule has 0 saturated carbocycles. The fraction of sp³-hybridized carbons (Fsp3) is 0.286. The minimum Gasteiger partial charge on any atom is -0.744 e. The van der Waals surface area contributed by atoms with Crippen molar-refractivity contribution in [3.05, 3.63) is 41.5 Å². The van der Waals surface area contributed by atoms with E-state index in [0.29, 0.717) is 24.0 Å². The van der Waals surface area contributed by atoms with Gasteiger partial charge in [0.05, 0.1) is 4.90 Å². The van der Waals surface area contributed by atoms with E-state index in [1.165, 1.54) is 0 Å². The van der Waals surface area contributed by atoms with E-state index >= 15 is 0 Å². The first-order valence-corrected chi connectivity index (χ1v) is 7.39. The molecule has 3 nitrogen and oxygen atoms in total. The van der Waals surface area contributed by atoms with Gasteiger partial charge in [0.15, 0.2) is 0 Å². The molecule has 2 aromatic rings. The Labute approximate surface area is 156 Å². The monoisotopic (exact) mass is 302 g/mol. The van der Waals surface area contributed by atoms with Crippen molar-refractivity contribution in [1.82, 2.24) is 0 Å². The average Bonchev–Trinajstić information content (AvgIpc) is 2.35. The standard InChI is InChI=1S/C14H16O3S.K/c1-3-10-9-11-7-5-6-8-13(11)12(4-2)14(10)18(15,16)17;/h5-9H,3-4H2,1-2H3,(H,15,16,17);/q;+1/p-1. The summed E-state index contributed by atoms with van der Waals surface area (Å²) in [6, 6.07) is 9.37. The number of fused-ring (bicyclic) bond motifs is 1. The molecular formula is C14H15KO3S. The number of hydrogen-bond donors (Lipinski definition) is 0. The Kier molecular flexibility index (Phi) is 6.19. The van der Waals surface area contributed by atoms with E-state index in [1.54, 1.807) is 6.07 Å². The van der Waals surface area contributed by atoms with Gasteiger partial charge in [-0.05, 0) is 40.8 Å². The predicted molar refractivity (Wildman–Crippen MR) is 70.7 cm³/mol. The van der Waals surface area contributed by atoms with Gasteiger partial charge in [-0.3, -0.25) is 0 Å². The van der Waals surface area contributed by atoms with E-state index in [2.05, 4.69) is 0 Å². The SMILES string of the molecule is CCc1cc2ccccc2c(CC)c1S(=O)(=O)[O-].[K+]. The Morgan fingerprint density at radius 3 is 2.26 bits per heavy atom. The van der Waals surface area contributed by atoms with Crippen molar-refractivity contribution >= 4 is 20.9 Å². The van der Waals surface area contributed by atoms with Crippen molar-refractivity contribution in [2.24, 2.45) is 0 Å². The molecule has 0 fully saturated rings. The number of aryl methyl sites for hydroxylation is 2. The molecule has 0 radical (unpaired) electrons. The normalized spacial score (nSPS) is 11.3. The van der Waals surface area contributed by atoms with Crippen LogP contribution in [-0.4, -0.2) is 13.0 Å². The third-order valence-corrected chi connectivity index (χ3v) is 4.17. The van der Waals surface area contributed by atoms with Crippen molar-refractivity contribution in [3.63, 3.8) is 0 Å². The van der Waals surface area contributed by atoms with Gasteiger partial charge >= 0.3 is 51.4 Å². The molecule has 2 rings (SSSR count). The summed E-state index contributed by atoms with van der Waals surface area (Å²) in [7, 11) is -4.43. The van der Waals surface area contributed by atoms with Crippen LogP contribution in [0.4, 0.5) is 0 Å². The second-order valence-electron chi connectivity index (χ2n) is 4.23. The summed E-state index contributed by atoms with van der Waals surface area (Å²) in [5.74, 6) is 0. The van der Waals surface area contributed by atoms with E-state index in [4.69, 9.17) is 0 Å². The van der Waals surface area contributed by atoms with Crippen LogP contribution in [0.3, 0.4) is 0 Å². The van der Waals surface area contributed by atoms with E-state index in [9.17, 15) is 13.0 Å². The van der Waals surface area contributed by atoms with E-state index < -0.39 is 10.1 Å². The molecule has 2 aromatic carbocycles. The number of rotatable bonds is 3. The molecule has 0 saturated heterocycles. The van der Waals surface area contributed by atoms with Crippen molar-refractivity contribution in [2.45, 2.75) is 31.6 Å². The molecule has 5 heteroatoms. The molecule has 0 aliphatic carbocycles. The molecule has 0 spiro atoms. The average molecular weight is 302 g/mol. The smallest absolute Gasteiger partial charge is 0.744 e. The Hall–Kier alpha value is 0.246. The van der Waals surface area contributed by atoms with Gasteiger partial charge < -0.3 is 4.55 Å². The van der Waals surface area contributed by atoms with Gasteiger partial charge in [-0.25, -0.2) is 8.42 Å². The zero-order valence-corrected chi connectivity index (χ0v) is 15.4. The molecule has 0 aliphatic rings. The molecule has 96 valence electrons. The van der Waals surface area contributed by atoms with E-state index in [-0.39, 0.29) is 56.3 Å². The van der Waals surface area contributed by atoms with Crippen LogP contribution in [0.2, 0.25) is 0 Å². The van der Waals surface area contributed by atoms with Crippen LogP contribution in [0.15, 0.2) is 35.2 Å². The van der Waals surface area contributed by atoms with Crippen LogP contribution < -0.4 is 51.4 Å². The van der Waals surface area contributed by atoms with E-state index in [0.717, 1.165) is 10.8 Å². The molecule has 0 aromatic heterocycles. The molecule has 0 heterocycles. The fourth-order valence-corrected chi connectivity index (χ4v) is 3.47. The van der Waals surface area contributed by atoms with Gasteiger partial charge in [-0.15, -0.1) is 0 Å². The summed E-state index contributed by atoms with van der Waals surface area (Å²) in [6.07, 6.45) is 1.07. The maximum atomic E-state index is 11.5. The molecular weight excluding hydrogens is 287 g/mol. The predicted octanol–water partition coefficient (Wildman–Crippen LogP) is -0.127. The first kappa shape index (κ1) is 17.3. The summed E-state index contributed by atoms with van der Waals surface area (Å²) < 4.78 is 34.4. The van der Waals surface area contributed by atoms with E-state index in [1.807, 2.05) is 38.1 Å². The van der Waals surface area contributed by atoms with Gasteiger partial charge in [0.2, 0.25) is 0 Å². The minimum absolute atomic E-state index is 0. The van der Waals surface area contributed by atoms with Crippen LogP contribution in [-0.2, 0) is 23.0 Å². The zero-order chi connectivity index (χ0) is 13.3. The Balaban J connectivity index is 0.00000180. The van der Waals surface area contributed by atoms with Crippen LogP contribution in [0.1, 0.15) is 25.0 Å². The largest absolute Gasteiger partial charge is 1.00 e. The quantitative estimate of drug-likeness (QED) is 0.586. The Bertz CT molecular complexity index is 693. The molecule has 0 bridgehead atoms. The molecule has 0 N–H and O–H groups in total. The molecule has 0 unspecified atom stereocenters. The third kappa shape index (κ3) is 3.47. The first-order valence-electron chi connectivity index (χ1n) is 5.98. The Morgan fingerprint density at radius 2 is 1.74 bits per heavy atom. The fourth-order valence-electron chi connectivity index (χ4n) is 2.39. The summed E-state index contributed by atoms with van der Waals surface area (Å²) in [6.45, 7) is 3.73. The molecule has 19 heavy (non-hydrogen) atoms. The summed E-state index contributed by atoms with van der Waals surface area (Å²) in [5.41, 5.74) is 1.25. The number of hydrogen-bond acceptors (Lipinski definition) is 3. The third-order valence-electron chi connectivity index (χ3n) is 3.17. The van der Waals surface area contributed by atoms with Crippen LogP contribution in [0.25, 0.3) is 10.8 Å². The summed E-state index contributed by atoms with van der Waals surface area (Å²) >= 11 is 0. The molecule has 0 amide bonds. The molecule has 0 atom stereocenters. The first-order chi connectivity index (χ1) is 8.49. The van der Waals surface area contributed by atoms with Crippen molar-refractivity contribution in [2.75, 3.05) is 0 Å². The van der Waals surface area contributed by atoms with Gasteiger partial charge in [0.25, 0.3) is 0 Å². The summed E-state index contributed by atoms with van der Waals surface area (Å²) in [4.78, 5) is -0.0220. The van der Waals surface area contributed by atoms with Gasteiger partial charge in [0.1, 0.15) is 10.1 Å². The van der Waals surface area contributed by atoms with Crippen molar-refractivity contribution < 1.29 is 64.4 Å². The Morgan fingerprint density at radius 1 is 1.11 bits per heavy atom. The maximum absolute atomic E-state index is 11.5.